The van der Waals surface area contributed by atoms with Crippen LogP contribution in [0.4, 0.5) is 11.4 Å². The van der Waals surface area contributed by atoms with E-state index in [4.69, 9.17) is 4.74 Å². The lowest BCUT2D eigenvalue weighted by molar-refractivity contribution is 0.101. The lowest BCUT2D eigenvalue weighted by atomic mass is 10.1. The zero-order chi connectivity index (χ0) is 25.2. The lowest BCUT2D eigenvalue weighted by Crippen LogP contribution is -2.11. The number of anilines is 2. The van der Waals surface area contributed by atoms with E-state index >= 15 is 0 Å². The van der Waals surface area contributed by atoms with Crippen LogP contribution < -0.4 is 15.4 Å². The monoisotopic (exact) mass is 486 g/mol. The van der Waals surface area contributed by atoms with Crippen molar-refractivity contribution < 1.29 is 14.3 Å². The van der Waals surface area contributed by atoms with Gasteiger partial charge in [-0.25, -0.2) is 0 Å². The van der Waals surface area contributed by atoms with Crippen LogP contribution in [-0.2, 0) is 0 Å². The predicted molar refractivity (Wildman–Crippen MR) is 145 cm³/mol. The van der Waals surface area contributed by atoms with Gasteiger partial charge in [-0.2, -0.15) is 0 Å². The fourth-order valence-electron chi connectivity index (χ4n) is 4.14. The zero-order valence-electron chi connectivity index (χ0n) is 19.6. The van der Waals surface area contributed by atoms with Gasteiger partial charge in [0, 0.05) is 56.7 Å². The summed E-state index contributed by atoms with van der Waals surface area (Å²) in [5.74, 6) is 0.900. The number of hydrogen-bond acceptors (Lipinski definition) is 3. The molecule has 6 aromatic rings. The molecule has 0 aliphatic heterocycles. The second-order valence-electron chi connectivity index (χ2n) is 8.62. The Morgan fingerprint density at radius 1 is 0.541 bits per heavy atom. The summed E-state index contributed by atoms with van der Waals surface area (Å²) in [6.45, 7) is 0. The number of nitrogens with one attached hydrogen (secondary N) is 4. The molecule has 180 valence electrons. The Hall–Kier alpha value is -5.30. The van der Waals surface area contributed by atoms with E-state index in [9.17, 15) is 9.59 Å². The van der Waals surface area contributed by atoms with Gasteiger partial charge >= 0.3 is 0 Å². The number of ether oxygens (including phenoxy) is 1. The minimum atomic E-state index is -0.178. The third kappa shape index (κ3) is 4.78. The number of carbonyl (C=O) groups excluding carboxylic acids is 2. The SMILES string of the molecule is O=C(Nc1ccc(Oc2ccc(NC(=O)c3ccc4[nH]ccc4c3)cc2)cc1)c1ccc2[nH]ccc2c1. The number of carbonyl (C=O) groups is 2. The highest BCUT2D eigenvalue weighted by Crippen LogP contribution is 2.25. The van der Waals surface area contributed by atoms with Crippen LogP contribution in [0.5, 0.6) is 11.5 Å². The summed E-state index contributed by atoms with van der Waals surface area (Å²) in [5, 5.41) is 7.79. The molecule has 7 nitrogen and oxygen atoms in total. The number of aromatic amines is 2. The fraction of sp³-hybridized carbons (Fsp3) is 0. The quantitative estimate of drug-likeness (QED) is 0.205. The molecule has 0 fully saturated rings. The van der Waals surface area contributed by atoms with Gasteiger partial charge in [0.25, 0.3) is 11.8 Å². The van der Waals surface area contributed by atoms with E-state index in [1.54, 1.807) is 60.7 Å². The van der Waals surface area contributed by atoms with Gasteiger partial charge in [0.15, 0.2) is 0 Å². The van der Waals surface area contributed by atoms with E-state index < -0.39 is 0 Å². The Kier molecular flexibility index (Phi) is 5.63. The fourth-order valence-corrected chi connectivity index (χ4v) is 4.14. The van der Waals surface area contributed by atoms with E-state index in [2.05, 4.69) is 20.6 Å². The Bertz CT molecular complexity index is 1600. The van der Waals surface area contributed by atoms with Gasteiger partial charge in [-0.3, -0.25) is 9.59 Å². The first kappa shape index (κ1) is 22.2. The van der Waals surface area contributed by atoms with Crippen molar-refractivity contribution in [3.63, 3.8) is 0 Å². The molecule has 0 atom stereocenters. The van der Waals surface area contributed by atoms with E-state index in [0.717, 1.165) is 21.8 Å². The Labute approximate surface area is 212 Å². The molecule has 37 heavy (non-hydrogen) atoms. The smallest absolute Gasteiger partial charge is 0.255 e. The highest BCUT2D eigenvalue weighted by molar-refractivity contribution is 6.07. The number of fused-ring (bicyclic) bond motifs is 2. The second kappa shape index (κ2) is 9.39. The third-order valence-electron chi connectivity index (χ3n) is 6.09. The van der Waals surface area contributed by atoms with Crippen LogP contribution in [0.1, 0.15) is 20.7 Å². The van der Waals surface area contributed by atoms with Gasteiger partial charge in [0.05, 0.1) is 0 Å². The van der Waals surface area contributed by atoms with Gasteiger partial charge < -0.3 is 25.3 Å². The number of amides is 2. The van der Waals surface area contributed by atoms with E-state index in [1.807, 2.05) is 48.8 Å². The molecule has 0 saturated carbocycles. The summed E-state index contributed by atoms with van der Waals surface area (Å²) in [6, 6.07) is 29.2. The number of H-pyrrole nitrogens is 2. The topological polar surface area (TPSA) is 99.0 Å². The Balaban J connectivity index is 1.06. The standard InChI is InChI=1S/C30H22N4O3/c35-29(21-1-11-27-19(17-21)13-15-31-27)33-23-3-7-25(8-4-23)37-26-9-5-24(6-10-26)34-30(36)22-2-12-28-20(18-22)14-16-32-28/h1-18,31-32H,(H,33,35)(H,34,36). The number of hydrogen-bond donors (Lipinski definition) is 4. The molecule has 0 unspecified atom stereocenters. The lowest BCUT2D eigenvalue weighted by Gasteiger charge is -2.10. The first-order valence-corrected chi connectivity index (χ1v) is 11.8. The average Bonchev–Trinajstić information content (AvgIpc) is 3.59. The van der Waals surface area contributed by atoms with Crippen molar-refractivity contribution in [2.75, 3.05) is 10.6 Å². The average molecular weight is 487 g/mol. The van der Waals surface area contributed by atoms with E-state index in [1.165, 1.54) is 0 Å². The molecular weight excluding hydrogens is 464 g/mol. The summed E-state index contributed by atoms with van der Waals surface area (Å²) in [4.78, 5) is 31.5. The molecule has 0 radical (unpaired) electrons. The number of benzene rings is 4. The number of aromatic nitrogens is 2. The summed E-state index contributed by atoms with van der Waals surface area (Å²) in [6.07, 6.45) is 3.69. The first-order chi connectivity index (χ1) is 18.1. The van der Waals surface area contributed by atoms with Crippen LogP contribution in [0, 0.1) is 0 Å². The van der Waals surface area contributed by atoms with Crippen LogP contribution in [0.2, 0.25) is 0 Å². The highest BCUT2D eigenvalue weighted by Gasteiger charge is 2.09. The van der Waals surface area contributed by atoms with Crippen molar-refractivity contribution in [2.24, 2.45) is 0 Å². The normalized spacial score (nSPS) is 10.9. The Morgan fingerprint density at radius 2 is 0.973 bits per heavy atom. The second-order valence-corrected chi connectivity index (χ2v) is 8.62. The van der Waals surface area contributed by atoms with Crippen molar-refractivity contribution >= 4 is 45.0 Å². The van der Waals surface area contributed by atoms with Crippen LogP contribution in [0.25, 0.3) is 21.8 Å². The summed E-state index contributed by atoms with van der Waals surface area (Å²) < 4.78 is 5.91. The van der Waals surface area contributed by atoms with Crippen molar-refractivity contribution in [1.82, 2.24) is 9.97 Å². The van der Waals surface area contributed by atoms with E-state index in [-0.39, 0.29) is 11.8 Å². The van der Waals surface area contributed by atoms with Gasteiger partial charge in [0.2, 0.25) is 0 Å². The molecule has 4 N–H and O–H groups in total. The molecule has 4 aromatic carbocycles. The maximum Gasteiger partial charge on any atom is 0.255 e. The van der Waals surface area contributed by atoms with Gasteiger partial charge in [0.1, 0.15) is 11.5 Å². The molecule has 6 rings (SSSR count). The van der Waals surface area contributed by atoms with Crippen LogP contribution in [0.15, 0.2) is 109 Å². The van der Waals surface area contributed by atoms with Crippen LogP contribution in [-0.4, -0.2) is 21.8 Å². The maximum absolute atomic E-state index is 12.6. The summed E-state index contributed by atoms with van der Waals surface area (Å²) in [7, 11) is 0. The van der Waals surface area contributed by atoms with Crippen LogP contribution >= 0.6 is 0 Å². The molecule has 0 aliphatic carbocycles. The zero-order valence-corrected chi connectivity index (χ0v) is 19.6. The summed E-state index contributed by atoms with van der Waals surface area (Å²) >= 11 is 0. The molecular formula is C30H22N4O3. The van der Waals surface area contributed by atoms with Gasteiger partial charge in [-0.1, -0.05) is 0 Å². The van der Waals surface area contributed by atoms with Gasteiger partial charge in [-0.05, 0) is 97.1 Å². The van der Waals surface area contributed by atoms with Crippen molar-refractivity contribution in [2.45, 2.75) is 0 Å². The number of rotatable bonds is 6. The van der Waals surface area contributed by atoms with Crippen LogP contribution in [0.3, 0.4) is 0 Å². The molecule has 0 saturated heterocycles. The van der Waals surface area contributed by atoms with E-state index in [0.29, 0.717) is 34.0 Å². The predicted octanol–water partition coefficient (Wildman–Crippen LogP) is 6.95. The third-order valence-corrected chi connectivity index (χ3v) is 6.09. The maximum atomic E-state index is 12.6. The largest absolute Gasteiger partial charge is 0.457 e. The first-order valence-electron chi connectivity index (χ1n) is 11.8. The summed E-state index contributed by atoms with van der Waals surface area (Å²) in [5.41, 5.74) is 4.49. The van der Waals surface area contributed by atoms with Crippen molar-refractivity contribution in [1.29, 1.82) is 0 Å². The highest BCUT2D eigenvalue weighted by atomic mass is 16.5. The molecule has 2 amide bonds. The minimum absolute atomic E-state index is 0.178. The Morgan fingerprint density at radius 3 is 1.41 bits per heavy atom. The molecule has 7 heteroatoms. The van der Waals surface area contributed by atoms with Crippen molar-refractivity contribution in [3.05, 3.63) is 121 Å². The van der Waals surface area contributed by atoms with Crippen molar-refractivity contribution in [3.8, 4) is 11.5 Å². The molecule has 0 bridgehead atoms. The molecule has 0 aliphatic rings. The molecule has 0 spiro atoms. The molecule has 2 aromatic heterocycles. The molecule has 2 heterocycles. The van der Waals surface area contributed by atoms with Gasteiger partial charge in [-0.15, -0.1) is 0 Å². The minimum Gasteiger partial charge on any atom is -0.457 e.